The Morgan fingerprint density at radius 1 is 1.33 bits per heavy atom. The van der Waals surface area contributed by atoms with Gasteiger partial charge in [0.1, 0.15) is 5.75 Å². The van der Waals surface area contributed by atoms with E-state index in [4.69, 9.17) is 9.47 Å². The number of ketones is 1. The Morgan fingerprint density at radius 2 is 2.20 bits per heavy atom. The molecule has 1 atom stereocenters. The first-order chi connectivity index (χ1) is 14.6. The number of Topliss-reactive ketones (excluding diaryl/α,β-unsaturated/α-hetero) is 1. The topological polar surface area (TPSA) is 58.3 Å². The van der Waals surface area contributed by atoms with Crippen molar-refractivity contribution in [2.75, 3.05) is 19.5 Å². The first-order valence-electron chi connectivity index (χ1n) is 10.2. The van der Waals surface area contributed by atoms with Crippen LogP contribution < -0.4 is 4.74 Å². The molecule has 1 fully saturated rings. The van der Waals surface area contributed by atoms with Crippen LogP contribution in [-0.4, -0.2) is 45.5 Å². The Balaban J connectivity index is 1.46. The molecule has 3 aromatic rings. The van der Waals surface area contributed by atoms with E-state index in [2.05, 4.69) is 16.5 Å². The highest BCUT2D eigenvalue weighted by molar-refractivity contribution is 7.99. The third kappa shape index (κ3) is 4.32. The van der Waals surface area contributed by atoms with Crippen molar-refractivity contribution in [1.82, 2.24) is 14.1 Å². The van der Waals surface area contributed by atoms with E-state index in [-0.39, 0.29) is 11.9 Å². The summed E-state index contributed by atoms with van der Waals surface area (Å²) < 4.78 is 15.3. The van der Waals surface area contributed by atoms with Crippen molar-refractivity contribution in [2.45, 2.75) is 44.5 Å². The maximum atomic E-state index is 13.0. The van der Waals surface area contributed by atoms with E-state index in [0.29, 0.717) is 5.75 Å². The van der Waals surface area contributed by atoms with Crippen LogP contribution in [0.2, 0.25) is 0 Å². The van der Waals surface area contributed by atoms with Gasteiger partial charge in [-0.3, -0.25) is 9.36 Å². The minimum Gasteiger partial charge on any atom is -0.497 e. The number of carbonyl (C=O) groups is 1. The van der Waals surface area contributed by atoms with Crippen LogP contribution in [0.1, 0.15) is 34.6 Å². The Hall–Kier alpha value is -2.51. The molecule has 1 saturated heterocycles. The lowest BCUT2D eigenvalue weighted by Crippen LogP contribution is -2.17. The van der Waals surface area contributed by atoms with Crippen molar-refractivity contribution in [1.29, 1.82) is 0 Å². The molecular weight excluding hydrogens is 398 g/mol. The fraction of sp³-hybridized carbons (Fsp3) is 0.391. The number of hydrogen-bond donors (Lipinski definition) is 0. The van der Waals surface area contributed by atoms with Crippen molar-refractivity contribution in [3.05, 3.63) is 59.7 Å². The SMILES string of the molecule is COc1cccc(-n2ccnc2SCC(=O)c2cc(C)n(C[C@H]3CCCO3)c2C)c1. The first kappa shape index (κ1) is 20.8. The van der Waals surface area contributed by atoms with Gasteiger partial charge >= 0.3 is 0 Å². The highest BCUT2D eigenvalue weighted by Gasteiger charge is 2.21. The number of thioether (sulfide) groups is 1. The molecule has 158 valence electrons. The average molecular weight is 426 g/mol. The number of benzene rings is 1. The fourth-order valence-corrected chi connectivity index (χ4v) is 4.77. The molecule has 0 bridgehead atoms. The minimum absolute atomic E-state index is 0.117. The Labute approximate surface area is 181 Å². The molecular formula is C23H27N3O3S. The zero-order valence-corrected chi connectivity index (χ0v) is 18.4. The van der Waals surface area contributed by atoms with E-state index in [9.17, 15) is 4.79 Å². The van der Waals surface area contributed by atoms with Gasteiger partial charge in [-0.15, -0.1) is 0 Å². The van der Waals surface area contributed by atoms with Gasteiger partial charge in [0, 0.05) is 48.6 Å². The number of carbonyl (C=O) groups excluding carboxylic acids is 1. The molecule has 0 amide bonds. The largest absolute Gasteiger partial charge is 0.497 e. The maximum absolute atomic E-state index is 13.0. The standard InChI is InChI=1S/C23H27N3O3S/c1-16-12-21(17(2)26(16)14-20-8-5-11-29-20)22(27)15-30-23-24-9-10-25(23)18-6-4-7-19(13-18)28-3/h4,6-7,9-10,12-13,20H,5,8,11,14-15H2,1-3H3/t20-/m1/s1. The van der Waals surface area contributed by atoms with Crippen molar-refractivity contribution >= 4 is 17.5 Å². The molecule has 0 radical (unpaired) electrons. The summed E-state index contributed by atoms with van der Waals surface area (Å²) in [7, 11) is 1.65. The normalized spacial score (nSPS) is 16.2. The lowest BCUT2D eigenvalue weighted by atomic mass is 10.2. The molecule has 0 saturated carbocycles. The number of ether oxygens (including phenoxy) is 2. The lowest BCUT2D eigenvalue weighted by molar-refractivity contribution is 0.0957. The van der Waals surface area contributed by atoms with E-state index < -0.39 is 0 Å². The molecule has 0 unspecified atom stereocenters. The summed E-state index contributed by atoms with van der Waals surface area (Å²) in [5.41, 5.74) is 3.87. The second kappa shape index (κ2) is 9.10. The second-order valence-corrected chi connectivity index (χ2v) is 8.47. The Bertz CT molecular complexity index is 1030. The minimum atomic E-state index is 0.117. The van der Waals surface area contributed by atoms with E-state index in [0.717, 1.165) is 59.5 Å². The van der Waals surface area contributed by atoms with Crippen LogP contribution in [0.3, 0.4) is 0 Å². The number of imidazole rings is 1. The molecule has 3 heterocycles. The van der Waals surface area contributed by atoms with Crippen LogP contribution in [-0.2, 0) is 11.3 Å². The summed E-state index contributed by atoms with van der Waals surface area (Å²) in [5.74, 6) is 1.24. The third-order valence-corrected chi connectivity index (χ3v) is 6.52. The molecule has 0 spiro atoms. The van der Waals surface area contributed by atoms with E-state index in [1.165, 1.54) is 11.8 Å². The monoisotopic (exact) mass is 425 g/mol. The fourth-order valence-electron chi connectivity index (χ4n) is 3.92. The van der Waals surface area contributed by atoms with Gasteiger partial charge in [-0.25, -0.2) is 4.98 Å². The number of nitrogens with zero attached hydrogens (tertiary/aromatic N) is 3. The van der Waals surface area contributed by atoms with Crippen LogP contribution in [0, 0.1) is 13.8 Å². The zero-order valence-electron chi connectivity index (χ0n) is 17.6. The van der Waals surface area contributed by atoms with Gasteiger partial charge in [-0.05, 0) is 44.9 Å². The van der Waals surface area contributed by atoms with Gasteiger partial charge in [0.05, 0.1) is 24.7 Å². The van der Waals surface area contributed by atoms with Gasteiger partial charge in [0.25, 0.3) is 0 Å². The Kier molecular flexibility index (Phi) is 6.29. The highest BCUT2D eigenvalue weighted by Crippen LogP contribution is 2.26. The van der Waals surface area contributed by atoms with Gasteiger partial charge in [0.15, 0.2) is 10.9 Å². The summed E-state index contributed by atoms with van der Waals surface area (Å²) in [6.07, 6.45) is 6.10. The summed E-state index contributed by atoms with van der Waals surface area (Å²) in [5, 5.41) is 0.782. The molecule has 30 heavy (non-hydrogen) atoms. The van der Waals surface area contributed by atoms with Crippen molar-refractivity contribution in [2.24, 2.45) is 0 Å². The van der Waals surface area contributed by atoms with E-state index in [1.54, 1.807) is 13.3 Å². The van der Waals surface area contributed by atoms with Gasteiger partial charge in [0.2, 0.25) is 0 Å². The van der Waals surface area contributed by atoms with E-state index in [1.807, 2.05) is 48.0 Å². The van der Waals surface area contributed by atoms with Crippen LogP contribution in [0.5, 0.6) is 5.75 Å². The molecule has 4 rings (SSSR count). The van der Waals surface area contributed by atoms with Gasteiger partial charge < -0.3 is 14.0 Å². The van der Waals surface area contributed by atoms with Crippen LogP contribution in [0.25, 0.3) is 5.69 Å². The zero-order chi connectivity index (χ0) is 21.1. The number of hydrogen-bond acceptors (Lipinski definition) is 5. The van der Waals surface area contributed by atoms with Crippen molar-refractivity contribution < 1.29 is 14.3 Å². The molecule has 2 aromatic heterocycles. The number of aryl methyl sites for hydroxylation is 1. The van der Waals surface area contributed by atoms with E-state index >= 15 is 0 Å². The summed E-state index contributed by atoms with van der Waals surface area (Å²) in [4.78, 5) is 17.4. The maximum Gasteiger partial charge on any atom is 0.175 e. The molecule has 0 N–H and O–H groups in total. The molecule has 6 nitrogen and oxygen atoms in total. The van der Waals surface area contributed by atoms with Crippen LogP contribution in [0.15, 0.2) is 47.9 Å². The molecule has 0 aliphatic carbocycles. The second-order valence-electron chi connectivity index (χ2n) is 7.52. The Morgan fingerprint density at radius 3 is 2.97 bits per heavy atom. The molecule has 1 aliphatic heterocycles. The third-order valence-electron chi connectivity index (χ3n) is 5.55. The predicted octanol–water partition coefficient (Wildman–Crippen LogP) is 4.45. The smallest absolute Gasteiger partial charge is 0.175 e. The first-order valence-corrected chi connectivity index (χ1v) is 11.2. The van der Waals surface area contributed by atoms with Crippen LogP contribution >= 0.6 is 11.8 Å². The molecule has 1 aliphatic rings. The highest BCUT2D eigenvalue weighted by atomic mass is 32.2. The number of methoxy groups -OCH3 is 1. The lowest BCUT2D eigenvalue weighted by Gasteiger charge is -2.14. The van der Waals surface area contributed by atoms with Crippen LogP contribution in [0.4, 0.5) is 0 Å². The van der Waals surface area contributed by atoms with Crippen molar-refractivity contribution in [3.63, 3.8) is 0 Å². The molecule has 7 heteroatoms. The quantitative estimate of drug-likeness (QED) is 0.394. The summed E-state index contributed by atoms with van der Waals surface area (Å²) >= 11 is 1.45. The molecule has 1 aromatic carbocycles. The average Bonchev–Trinajstić information content (AvgIpc) is 3.50. The summed E-state index contributed by atoms with van der Waals surface area (Å²) in [6, 6.07) is 9.79. The van der Waals surface area contributed by atoms with Gasteiger partial charge in [-0.1, -0.05) is 17.8 Å². The predicted molar refractivity (Wildman–Crippen MR) is 118 cm³/mol. The summed E-state index contributed by atoms with van der Waals surface area (Å²) in [6.45, 7) is 5.74. The van der Waals surface area contributed by atoms with Gasteiger partial charge in [-0.2, -0.15) is 0 Å². The van der Waals surface area contributed by atoms with Crippen molar-refractivity contribution in [3.8, 4) is 11.4 Å². The number of aromatic nitrogens is 3. The number of rotatable bonds is 8.